The van der Waals surface area contributed by atoms with E-state index in [4.69, 9.17) is 0 Å². The highest BCUT2D eigenvalue weighted by Crippen LogP contribution is 2.21. The van der Waals surface area contributed by atoms with Gasteiger partial charge in [-0.3, -0.25) is 4.79 Å². The van der Waals surface area contributed by atoms with Crippen LogP contribution in [0.1, 0.15) is 51.3 Å². The summed E-state index contributed by atoms with van der Waals surface area (Å²) in [6.07, 6.45) is 5.93. The number of hydrogen-bond donors (Lipinski definition) is 1. The smallest absolute Gasteiger partial charge is 0.264 e. The van der Waals surface area contributed by atoms with Gasteiger partial charge in [0.1, 0.15) is 5.82 Å². The Kier molecular flexibility index (Phi) is 5.39. The van der Waals surface area contributed by atoms with E-state index in [1.807, 2.05) is 6.20 Å². The zero-order valence-corrected chi connectivity index (χ0v) is 14.9. The van der Waals surface area contributed by atoms with Gasteiger partial charge in [-0.25, -0.2) is 10.1 Å². The molecule has 0 aliphatic heterocycles. The maximum Gasteiger partial charge on any atom is 0.264 e. The van der Waals surface area contributed by atoms with Crippen LogP contribution < -0.4 is 5.56 Å². The first kappa shape index (κ1) is 17.4. The Morgan fingerprint density at radius 1 is 1.30 bits per heavy atom. The Hall–Kier alpha value is -1.91. The molecule has 0 aliphatic carbocycles. The van der Waals surface area contributed by atoms with Crippen molar-refractivity contribution >= 4 is 0 Å². The molecule has 1 atom stereocenters. The van der Waals surface area contributed by atoms with E-state index >= 15 is 0 Å². The summed E-state index contributed by atoms with van der Waals surface area (Å²) in [7, 11) is 2.11. The molecule has 0 bridgehead atoms. The van der Waals surface area contributed by atoms with Crippen LogP contribution in [0.3, 0.4) is 0 Å². The van der Waals surface area contributed by atoms with Crippen LogP contribution in [0.4, 0.5) is 0 Å². The number of aryl methyl sites for hydroxylation is 1. The molecule has 2 rings (SSSR count). The second-order valence-corrected chi connectivity index (χ2v) is 7.72. The lowest BCUT2D eigenvalue weighted by Crippen LogP contribution is -2.13. The van der Waals surface area contributed by atoms with Crippen LogP contribution in [-0.2, 0) is 26.3 Å². The molecule has 0 aliphatic rings. The molecule has 0 radical (unpaired) electrons. The Balaban J connectivity index is 1.90. The fraction of sp³-hybridized carbons (Fsp3) is 0.611. The Bertz CT molecular complexity index is 673. The van der Waals surface area contributed by atoms with Crippen LogP contribution in [0, 0.1) is 11.3 Å². The number of H-pyrrole nitrogens is 1. The van der Waals surface area contributed by atoms with Crippen molar-refractivity contribution in [3.05, 3.63) is 45.9 Å². The van der Waals surface area contributed by atoms with Crippen molar-refractivity contribution in [3.8, 4) is 0 Å². The third-order valence-electron chi connectivity index (χ3n) is 4.05. The molecule has 0 spiro atoms. The van der Waals surface area contributed by atoms with E-state index in [0.29, 0.717) is 5.92 Å². The number of aromatic nitrogens is 4. The van der Waals surface area contributed by atoms with Crippen LogP contribution in [0.25, 0.3) is 0 Å². The number of aromatic amines is 1. The molecule has 0 aromatic carbocycles. The maximum absolute atomic E-state index is 11.0. The van der Waals surface area contributed by atoms with Crippen LogP contribution in [0.2, 0.25) is 0 Å². The molecule has 2 aromatic rings. The van der Waals surface area contributed by atoms with Gasteiger partial charge >= 0.3 is 0 Å². The van der Waals surface area contributed by atoms with Crippen LogP contribution in [-0.4, -0.2) is 19.7 Å². The fourth-order valence-electron chi connectivity index (χ4n) is 2.75. The number of imidazole rings is 1. The van der Waals surface area contributed by atoms with Gasteiger partial charge in [0, 0.05) is 31.4 Å². The summed E-state index contributed by atoms with van der Waals surface area (Å²) in [6, 6.07) is 3.34. The van der Waals surface area contributed by atoms with E-state index in [1.165, 1.54) is 11.8 Å². The van der Waals surface area contributed by atoms with Crippen molar-refractivity contribution in [2.24, 2.45) is 18.4 Å². The molecule has 0 amide bonds. The Morgan fingerprint density at radius 2 is 2.04 bits per heavy atom. The highest BCUT2D eigenvalue weighted by Gasteiger charge is 2.16. The van der Waals surface area contributed by atoms with Gasteiger partial charge in [0.2, 0.25) is 0 Å². The van der Waals surface area contributed by atoms with Gasteiger partial charge in [-0.05, 0) is 36.7 Å². The minimum Gasteiger partial charge on any atom is -0.335 e. The molecule has 5 heteroatoms. The molecule has 2 heterocycles. The van der Waals surface area contributed by atoms with Crippen molar-refractivity contribution in [1.29, 1.82) is 0 Å². The second kappa shape index (κ2) is 7.11. The van der Waals surface area contributed by atoms with E-state index in [2.05, 4.69) is 54.5 Å². The van der Waals surface area contributed by atoms with Crippen LogP contribution in [0.15, 0.2) is 23.1 Å². The monoisotopic (exact) mass is 316 g/mol. The number of rotatable bonds is 6. The van der Waals surface area contributed by atoms with Gasteiger partial charge in [-0.2, -0.15) is 5.10 Å². The number of nitrogens with zero attached hydrogens (tertiary/aromatic N) is 3. The molecule has 0 fully saturated rings. The summed E-state index contributed by atoms with van der Waals surface area (Å²) >= 11 is 0. The molecule has 1 unspecified atom stereocenters. The fourth-order valence-corrected chi connectivity index (χ4v) is 2.75. The van der Waals surface area contributed by atoms with E-state index in [0.717, 1.165) is 37.2 Å². The first-order valence-corrected chi connectivity index (χ1v) is 8.28. The van der Waals surface area contributed by atoms with Crippen molar-refractivity contribution in [2.75, 3.05) is 0 Å². The summed E-state index contributed by atoms with van der Waals surface area (Å²) < 4.78 is 2.23. The number of nitrogens with one attached hydrogen (secondary N) is 1. The molecular formula is C18H28N4O. The first-order chi connectivity index (χ1) is 10.7. The maximum atomic E-state index is 11.0. The molecular weight excluding hydrogens is 288 g/mol. The molecule has 0 saturated heterocycles. The van der Waals surface area contributed by atoms with Gasteiger partial charge < -0.3 is 4.57 Å². The molecule has 2 aromatic heterocycles. The van der Waals surface area contributed by atoms with Crippen molar-refractivity contribution in [3.63, 3.8) is 0 Å². The van der Waals surface area contributed by atoms with Crippen LogP contribution in [0.5, 0.6) is 0 Å². The lowest BCUT2D eigenvalue weighted by atomic mass is 9.91. The van der Waals surface area contributed by atoms with Crippen LogP contribution >= 0.6 is 0 Å². The van der Waals surface area contributed by atoms with Gasteiger partial charge in [-0.1, -0.05) is 27.7 Å². The normalized spacial score (nSPS) is 13.3. The molecule has 5 nitrogen and oxygen atoms in total. The Labute approximate surface area is 138 Å². The minimum atomic E-state index is -0.152. The average Bonchev–Trinajstić information content (AvgIpc) is 2.78. The van der Waals surface area contributed by atoms with E-state index in [9.17, 15) is 4.79 Å². The average molecular weight is 316 g/mol. The number of hydrogen-bond acceptors (Lipinski definition) is 3. The summed E-state index contributed by atoms with van der Waals surface area (Å²) in [5.74, 6) is 1.64. The van der Waals surface area contributed by atoms with Crippen molar-refractivity contribution in [2.45, 2.75) is 53.4 Å². The Morgan fingerprint density at radius 3 is 2.65 bits per heavy atom. The predicted molar refractivity (Wildman–Crippen MR) is 92.4 cm³/mol. The largest absolute Gasteiger partial charge is 0.335 e. The van der Waals surface area contributed by atoms with E-state index in [-0.39, 0.29) is 11.0 Å². The van der Waals surface area contributed by atoms with Crippen molar-refractivity contribution < 1.29 is 0 Å². The van der Waals surface area contributed by atoms with E-state index in [1.54, 1.807) is 6.07 Å². The van der Waals surface area contributed by atoms with E-state index < -0.39 is 0 Å². The lowest BCUT2D eigenvalue weighted by Gasteiger charge is -2.18. The van der Waals surface area contributed by atoms with Crippen molar-refractivity contribution in [1.82, 2.24) is 19.7 Å². The first-order valence-electron chi connectivity index (χ1n) is 8.28. The van der Waals surface area contributed by atoms with Gasteiger partial charge in [0.05, 0.1) is 5.69 Å². The van der Waals surface area contributed by atoms with Gasteiger partial charge in [0.15, 0.2) is 0 Å². The quantitative estimate of drug-likeness (QED) is 0.891. The third kappa shape index (κ3) is 5.34. The molecule has 0 saturated carbocycles. The SMILES string of the molecule is CC(CCc1ncc(CC(C)(C)C)n1C)Cc1ccc(=O)[nH]n1. The lowest BCUT2D eigenvalue weighted by molar-refractivity contribution is 0.400. The zero-order valence-electron chi connectivity index (χ0n) is 14.9. The minimum absolute atomic E-state index is 0.152. The predicted octanol–water partition coefficient (Wildman–Crippen LogP) is 2.90. The summed E-state index contributed by atoms with van der Waals surface area (Å²) in [4.78, 5) is 15.6. The van der Waals surface area contributed by atoms with Gasteiger partial charge in [-0.15, -0.1) is 0 Å². The summed E-state index contributed by atoms with van der Waals surface area (Å²) in [5.41, 5.74) is 2.35. The summed E-state index contributed by atoms with van der Waals surface area (Å²) in [6.45, 7) is 8.96. The zero-order chi connectivity index (χ0) is 17.0. The summed E-state index contributed by atoms with van der Waals surface area (Å²) in [5, 5.41) is 6.57. The highest BCUT2D eigenvalue weighted by molar-refractivity contribution is 5.07. The molecule has 23 heavy (non-hydrogen) atoms. The molecule has 1 N–H and O–H groups in total. The van der Waals surface area contributed by atoms with Gasteiger partial charge in [0.25, 0.3) is 5.56 Å². The topological polar surface area (TPSA) is 63.6 Å². The highest BCUT2D eigenvalue weighted by atomic mass is 16.1. The molecule has 126 valence electrons. The standard InChI is InChI=1S/C18H28N4O/c1-13(10-14-7-9-17(23)21-20-14)6-8-16-19-12-15(22(16)5)11-18(2,3)4/h7,9,12-13H,6,8,10-11H2,1-5H3,(H,21,23). The second-order valence-electron chi connectivity index (χ2n) is 7.72. The third-order valence-corrected chi connectivity index (χ3v) is 4.05.